The van der Waals surface area contributed by atoms with Crippen molar-refractivity contribution in [2.75, 3.05) is 14.2 Å². The van der Waals surface area contributed by atoms with Crippen molar-refractivity contribution < 1.29 is 42.9 Å². The average molecular weight is 630 g/mol. The zero-order chi connectivity index (χ0) is 25.4. The minimum Gasteiger partial charge on any atom is -0.744 e. The first kappa shape index (κ1) is 32.4. The van der Waals surface area contributed by atoms with E-state index in [1.54, 1.807) is 32.4 Å². The van der Waals surface area contributed by atoms with E-state index in [2.05, 4.69) is 4.98 Å². The molecule has 1 heterocycles. The summed E-state index contributed by atoms with van der Waals surface area (Å²) in [6, 6.07) is 27.1. The van der Waals surface area contributed by atoms with Crippen LogP contribution >= 0.6 is 7.92 Å². The van der Waals surface area contributed by atoms with E-state index in [4.69, 9.17) is 9.47 Å². The van der Waals surface area contributed by atoms with Gasteiger partial charge >= 0.3 is 20.4 Å². The molecule has 0 saturated carbocycles. The molecule has 0 bridgehead atoms. The Morgan fingerprint density at radius 3 is 1.46 bits per heavy atom. The molecule has 0 saturated heterocycles. The second-order valence-electron chi connectivity index (χ2n) is 7.52. The van der Waals surface area contributed by atoms with Crippen LogP contribution in [0.1, 0.15) is 11.4 Å². The van der Waals surface area contributed by atoms with Crippen LogP contribution < -0.4 is 25.4 Å². The van der Waals surface area contributed by atoms with E-state index in [0.29, 0.717) is 16.8 Å². The van der Waals surface area contributed by atoms with Gasteiger partial charge in [0.05, 0.1) is 19.1 Å². The van der Waals surface area contributed by atoms with Crippen LogP contribution in [0.25, 0.3) is 0 Å². The summed E-state index contributed by atoms with van der Waals surface area (Å²) < 4.78 is 46.8. The van der Waals surface area contributed by atoms with Crippen LogP contribution in [-0.4, -0.2) is 32.2 Å². The fourth-order valence-electron chi connectivity index (χ4n) is 3.55. The van der Waals surface area contributed by atoms with Gasteiger partial charge in [0.15, 0.2) is 0 Å². The molecule has 37 heavy (non-hydrogen) atoms. The van der Waals surface area contributed by atoms with Crippen molar-refractivity contribution in [3.05, 3.63) is 110 Å². The molecule has 6 nitrogen and oxygen atoms in total. The number of hydrogen-bond acceptors (Lipinski definition) is 6. The first-order chi connectivity index (χ1) is 16.8. The Bertz CT molecular complexity index is 1330. The third-order valence-electron chi connectivity index (χ3n) is 5.06. The van der Waals surface area contributed by atoms with E-state index in [-0.39, 0.29) is 32.7 Å². The maximum absolute atomic E-state index is 11.9. The normalized spacial score (nSPS) is 10.3. The van der Waals surface area contributed by atoms with Gasteiger partial charge in [0.25, 0.3) is 0 Å². The van der Waals surface area contributed by atoms with Crippen molar-refractivity contribution in [2.24, 2.45) is 0 Å². The Morgan fingerprint density at radius 1 is 0.676 bits per heavy atom. The van der Waals surface area contributed by atoms with Gasteiger partial charge in [-0.15, -0.1) is 0 Å². The molecule has 0 spiro atoms. The van der Waals surface area contributed by atoms with Crippen LogP contribution in [0.15, 0.2) is 95.9 Å². The Morgan fingerprint density at radius 2 is 1.08 bits per heavy atom. The summed E-state index contributed by atoms with van der Waals surface area (Å²) in [4.78, 5) is 3.94. The van der Waals surface area contributed by atoms with Gasteiger partial charge in [-0.25, -0.2) is 8.42 Å². The van der Waals surface area contributed by atoms with Crippen molar-refractivity contribution >= 4 is 34.0 Å². The second-order valence-corrected chi connectivity index (χ2v) is 11.0. The number of para-hydroxylation sites is 2. The van der Waals surface area contributed by atoms with E-state index in [9.17, 15) is 13.0 Å². The van der Waals surface area contributed by atoms with Crippen molar-refractivity contribution in [1.82, 2.24) is 4.98 Å². The number of nitrogens with zero attached hydrogens (tertiary/aromatic N) is 1. The molecular formula is C28H30NO5PPdS. The first-order valence-electron chi connectivity index (χ1n) is 10.8. The minimum atomic E-state index is -4.65. The molecule has 0 aliphatic carbocycles. The predicted octanol–water partition coefficient (Wildman–Crippen LogP) is 4.51. The molecule has 4 aromatic rings. The summed E-state index contributed by atoms with van der Waals surface area (Å²) in [6.07, 6.45) is 0. The molecule has 0 radical (unpaired) electrons. The van der Waals surface area contributed by atoms with Gasteiger partial charge in [-0.05, 0) is 52.1 Å². The molecule has 4 rings (SSSR count). The van der Waals surface area contributed by atoms with E-state index in [0.717, 1.165) is 22.0 Å². The largest absolute Gasteiger partial charge is 2.00 e. The van der Waals surface area contributed by atoms with Gasteiger partial charge in [0.2, 0.25) is 0 Å². The van der Waals surface area contributed by atoms with Crippen LogP contribution in [0.5, 0.6) is 11.5 Å². The van der Waals surface area contributed by atoms with Crippen LogP contribution in [0.4, 0.5) is 0 Å². The maximum Gasteiger partial charge on any atom is 2.00 e. The summed E-state index contributed by atoms with van der Waals surface area (Å²) in [7, 11) is -2.94. The number of benzene rings is 3. The van der Waals surface area contributed by atoms with E-state index in [1.165, 1.54) is 6.07 Å². The Hall–Kier alpha value is -2.59. The molecule has 0 amide bonds. The van der Waals surface area contributed by atoms with Crippen LogP contribution in [0, 0.1) is 21.3 Å². The smallest absolute Gasteiger partial charge is 0.744 e. The van der Waals surface area contributed by atoms with E-state index >= 15 is 0 Å². The quantitative estimate of drug-likeness (QED) is 0.135. The van der Waals surface area contributed by atoms with Crippen molar-refractivity contribution in [3.63, 3.8) is 0 Å². The number of methoxy groups -OCH3 is 2. The monoisotopic (exact) mass is 629 g/mol. The zero-order valence-corrected chi connectivity index (χ0v) is 24.6. The summed E-state index contributed by atoms with van der Waals surface area (Å²) in [5.41, 5.74) is 2.18. The number of aryl methyl sites for hydroxylation is 2. The molecule has 198 valence electrons. The van der Waals surface area contributed by atoms with Gasteiger partial charge in [-0.2, -0.15) is 0 Å². The van der Waals surface area contributed by atoms with Gasteiger partial charge < -0.3 is 21.5 Å². The average Bonchev–Trinajstić information content (AvgIpc) is 2.85. The molecule has 3 aromatic carbocycles. The molecule has 0 atom stereocenters. The fraction of sp³-hybridized carbons (Fsp3) is 0.143. The molecule has 0 N–H and O–H groups in total. The van der Waals surface area contributed by atoms with E-state index < -0.39 is 18.0 Å². The second kappa shape index (κ2) is 15.0. The van der Waals surface area contributed by atoms with Crippen molar-refractivity contribution in [1.29, 1.82) is 0 Å². The van der Waals surface area contributed by atoms with Crippen LogP contribution in [-0.2, 0) is 30.5 Å². The number of rotatable bonds is 6. The summed E-state index contributed by atoms with van der Waals surface area (Å²) >= 11 is 0. The molecule has 0 unspecified atom stereocenters. The fourth-order valence-corrected chi connectivity index (χ4v) is 7.28. The van der Waals surface area contributed by atoms with Crippen LogP contribution in [0.2, 0.25) is 0 Å². The molecule has 0 aliphatic heterocycles. The topological polar surface area (TPSA) is 88.5 Å². The van der Waals surface area contributed by atoms with Gasteiger partial charge in [-0.3, -0.25) is 4.98 Å². The number of hydrogen-bond donors (Lipinski definition) is 0. The Balaban J connectivity index is 0.000000588. The van der Waals surface area contributed by atoms with Crippen molar-refractivity contribution in [2.45, 2.75) is 18.7 Å². The van der Waals surface area contributed by atoms with Gasteiger partial charge in [-0.1, -0.05) is 60.7 Å². The molecule has 1 aromatic heterocycles. The number of aromatic nitrogens is 1. The zero-order valence-electron chi connectivity index (χ0n) is 21.3. The number of ether oxygens (including phenoxy) is 2. The first-order valence-corrected chi connectivity index (χ1v) is 13.5. The van der Waals surface area contributed by atoms with Gasteiger partial charge in [0, 0.05) is 27.3 Å². The van der Waals surface area contributed by atoms with E-state index in [1.807, 2.05) is 80.6 Å². The summed E-state index contributed by atoms with van der Waals surface area (Å²) in [5.74, 6) is 1.24. The number of pyridine rings is 1. The molecule has 0 aliphatic rings. The third kappa shape index (κ3) is 8.46. The molecule has 0 fully saturated rings. The predicted molar refractivity (Wildman–Crippen MR) is 146 cm³/mol. The molecular weight excluding hydrogens is 600 g/mol. The standard InChI is InChI=1S/C20H19O5PS.C7H9N.CH3.Pd/c1-24-15-9-3-5-11-17(15)26(18-12-6-4-10-16(18)25-2)19-13-7-8-14-20(19)27(21,22)23;1-6-4-3-5-7(2)8-6;;/h3-14H,1-2H3,(H,21,22,23);3-5H,1-2H3;1H3;/q;;-1;+2/p-1. The SMILES string of the molecule is COc1ccccc1P(c1ccccc1OC)c1ccccc1S(=O)(=O)[O-].Cc1cccc(C)n1.[CH3-].[Pd+2]. The third-order valence-corrected chi connectivity index (χ3v) is 8.68. The van der Waals surface area contributed by atoms with Gasteiger partial charge in [0.1, 0.15) is 21.6 Å². The van der Waals surface area contributed by atoms with Crippen LogP contribution in [0.3, 0.4) is 0 Å². The molecule has 9 heteroatoms. The maximum atomic E-state index is 11.9. The Labute approximate surface area is 235 Å². The van der Waals surface area contributed by atoms with Crippen molar-refractivity contribution in [3.8, 4) is 11.5 Å². The minimum absolute atomic E-state index is 0. The summed E-state index contributed by atoms with van der Waals surface area (Å²) in [6.45, 7) is 3.99. The Kier molecular flexibility index (Phi) is 13.1. The summed E-state index contributed by atoms with van der Waals surface area (Å²) in [5, 5.41) is 2.04.